The molecule has 4 heteroatoms. The number of hydrogen-bond acceptors (Lipinski definition) is 2. The monoisotopic (exact) mass is 310 g/mol. The first kappa shape index (κ1) is 15.4. The molecule has 3 rings (SSSR count). The van der Waals surface area contributed by atoms with Gasteiger partial charge in [-0.15, -0.1) is 0 Å². The normalized spacial score (nSPS) is 11.1. The van der Waals surface area contributed by atoms with Gasteiger partial charge in [-0.05, 0) is 54.6 Å². The van der Waals surface area contributed by atoms with Crippen molar-refractivity contribution in [3.05, 3.63) is 80.9 Å². The molecule has 0 saturated carbocycles. The van der Waals surface area contributed by atoms with Crippen LogP contribution in [0, 0.1) is 19.7 Å². The molecule has 118 valence electrons. The highest BCUT2D eigenvalue weighted by Gasteiger charge is 2.05. The predicted octanol–water partition coefficient (Wildman–Crippen LogP) is 3.57. The van der Waals surface area contributed by atoms with E-state index in [1.807, 2.05) is 19.9 Å². The zero-order chi connectivity index (χ0) is 16.4. The zero-order valence-corrected chi connectivity index (χ0v) is 13.2. The fourth-order valence-electron chi connectivity index (χ4n) is 2.81. The molecule has 0 saturated heterocycles. The summed E-state index contributed by atoms with van der Waals surface area (Å²) in [5.41, 5.74) is 4.74. The summed E-state index contributed by atoms with van der Waals surface area (Å²) in [7, 11) is 0. The van der Waals surface area contributed by atoms with Gasteiger partial charge in [0, 0.05) is 18.7 Å². The van der Waals surface area contributed by atoms with E-state index >= 15 is 0 Å². The highest BCUT2D eigenvalue weighted by molar-refractivity contribution is 5.82. The Morgan fingerprint density at radius 2 is 1.78 bits per heavy atom. The molecule has 3 aromatic rings. The topological polar surface area (TPSA) is 44.9 Å². The fraction of sp³-hybridized carbons (Fsp3) is 0.211. The quantitative estimate of drug-likeness (QED) is 0.774. The van der Waals surface area contributed by atoms with E-state index in [1.165, 1.54) is 17.7 Å². The Labute approximate surface area is 134 Å². The molecule has 3 nitrogen and oxygen atoms in total. The van der Waals surface area contributed by atoms with Gasteiger partial charge in [0.05, 0.1) is 5.52 Å². The van der Waals surface area contributed by atoms with Gasteiger partial charge in [0.25, 0.3) is 5.56 Å². The molecule has 2 aromatic carbocycles. The molecule has 0 unspecified atom stereocenters. The lowest BCUT2D eigenvalue weighted by Crippen LogP contribution is -2.21. The van der Waals surface area contributed by atoms with Crippen molar-refractivity contribution in [1.82, 2.24) is 10.3 Å². The van der Waals surface area contributed by atoms with Gasteiger partial charge in [-0.1, -0.05) is 23.8 Å². The third kappa shape index (κ3) is 3.48. The summed E-state index contributed by atoms with van der Waals surface area (Å²) in [6.07, 6.45) is 0. The molecule has 0 aliphatic heterocycles. The molecular formula is C19H19FN2O. The highest BCUT2D eigenvalue weighted by atomic mass is 19.1. The first-order valence-corrected chi connectivity index (χ1v) is 7.61. The van der Waals surface area contributed by atoms with Crippen LogP contribution in [0.2, 0.25) is 0 Å². The average molecular weight is 310 g/mol. The van der Waals surface area contributed by atoms with Crippen LogP contribution >= 0.6 is 0 Å². The number of aromatic amines is 1. The van der Waals surface area contributed by atoms with Crippen LogP contribution in [0.1, 0.15) is 22.3 Å². The number of aryl methyl sites for hydroxylation is 2. The first-order chi connectivity index (χ1) is 11.0. The molecule has 0 bridgehead atoms. The van der Waals surface area contributed by atoms with E-state index < -0.39 is 0 Å². The van der Waals surface area contributed by atoms with Gasteiger partial charge in [-0.25, -0.2) is 4.39 Å². The van der Waals surface area contributed by atoms with Crippen molar-refractivity contribution in [2.24, 2.45) is 0 Å². The van der Waals surface area contributed by atoms with E-state index in [0.29, 0.717) is 18.7 Å². The van der Waals surface area contributed by atoms with Gasteiger partial charge in [-0.3, -0.25) is 4.79 Å². The molecule has 1 heterocycles. The molecule has 2 N–H and O–H groups in total. The predicted molar refractivity (Wildman–Crippen MR) is 91.0 cm³/mol. The minimum atomic E-state index is -0.245. The molecular weight excluding hydrogens is 291 g/mol. The van der Waals surface area contributed by atoms with Crippen LogP contribution in [0.15, 0.2) is 47.3 Å². The Morgan fingerprint density at radius 1 is 1.04 bits per heavy atom. The first-order valence-electron chi connectivity index (χ1n) is 7.61. The number of hydrogen-bond donors (Lipinski definition) is 2. The maximum Gasteiger partial charge on any atom is 0.252 e. The SMILES string of the molecule is Cc1cc(C)c2[nH]c(=O)c(CNCc3ccc(F)cc3)cc2c1. The number of fused-ring (bicyclic) bond motifs is 1. The molecule has 0 atom stereocenters. The van der Waals surface area contributed by atoms with Crippen molar-refractivity contribution in [2.75, 3.05) is 0 Å². The fourth-order valence-corrected chi connectivity index (χ4v) is 2.81. The van der Waals surface area contributed by atoms with Gasteiger partial charge in [-0.2, -0.15) is 0 Å². The number of pyridine rings is 1. The molecule has 23 heavy (non-hydrogen) atoms. The van der Waals surface area contributed by atoms with Gasteiger partial charge in [0.2, 0.25) is 0 Å². The lowest BCUT2D eigenvalue weighted by molar-refractivity contribution is 0.624. The van der Waals surface area contributed by atoms with Crippen LogP contribution in [0.5, 0.6) is 0 Å². The summed E-state index contributed by atoms with van der Waals surface area (Å²) >= 11 is 0. The van der Waals surface area contributed by atoms with E-state index in [1.54, 1.807) is 12.1 Å². The lowest BCUT2D eigenvalue weighted by Gasteiger charge is -2.08. The molecule has 0 fully saturated rings. The molecule has 1 aromatic heterocycles. The third-order valence-corrected chi connectivity index (χ3v) is 3.93. The summed E-state index contributed by atoms with van der Waals surface area (Å²) in [4.78, 5) is 15.2. The summed E-state index contributed by atoms with van der Waals surface area (Å²) in [6.45, 7) is 5.10. The maximum absolute atomic E-state index is 12.9. The van der Waals surface area contributed by atoms with Crippen molar-refractivity contribution < 1.29 is 4.39 Å². The van der Waals surface area contributed by atoms with E-state index in [0.717, 1.165) is 22.0 Å². The van der Waals surface area contributed by atoms with E-state index in [-0.39, 0.29) is 11.4 Å². The number of halogens is 1. The number of aromatic nitrogens is 1. The van der Waals surface area contributed by atoms with Gasteiger partial charge in [0.1, 0.15) is 5.82 Å². The minimum absolute atomic E-state index is 0.0731. The van der Waals surface area contributed by atoms with Gasteiger partial charge >= 0.3 is 0 Å². The van der Waals surface area contributed by atoms with E-state index in [4.69, 9.17) is 0 Å². The summed E-state index contributed by atoms with van der Waals surface area (Å²) in [6, 6.07) is 12.4. The Hall–Kier alpha value is -2.46. The van der Waals surface area contributed by atoms with Crippen molar-refractivity contribution in [3.8, 4) is 0 Å². The molecule has 0 spiro atoms. The van der Waals surface area contributed by atoms with Gasteiger partial charge < -0.3 is 10.3 Å². The lowest BCUT2D eigenvalue weighted by atomic mass is 10.1. The Balaban J connectivity index is 1.78. The summed E-state index contributed by atoms with van der Waals surface area (Å²) in [5.74, 6) is -0.245. The largest absolute Gasteiger partial charge is 0.321 e. The van der Waals surface area contributed by atoms with Crippen LogP contribution in [0.4, 0.5) is 4.39 Å². The summed E-state index contributed by atoms with van der Waals surface area (Å²) in [5, 5.41) is 4.27. The van der Waals surface area contributed by atoms with Crippen molar-refractivity contribution in [3.63, 3.8) is 0 Å². The second-order valence-electron chi connectivity index (χ2n) is 5.90. The maximum atomic E-state index is 12.9. The van der Waals surface area contributed by atoms with Crippen LogP contribution in [-0.2, 0) is 13.1 Å². The van der Waals surface area contributed by atoms with Crippen molar-refractivity contribution >= 4 is 10.9 Å². The molecule has 0 radical (unpaired) electrons. The van der Waals surface area contributed by atoms with E-state index in [2.05, 4.69) is 22.4 Å². The van der Waals surface area contributed by atoms with Crippen molar-refractivity contribution in [2.45, 2.75) is 26.9 Å². The smallest absolute Gasteiger partial charge is 0.252 e. The standard InChI is InChI=1S/C19H19FN2O/c1-12-7-13(2)18-15(8-12)9-16(19(23)22-18)11-21-10-14-3-5-17(20)6-4-14/h3-9,21H,10-11H2,1-2H3,(H,22,23). The average Bonchev–Trinajstić information content (AvgIpc) is 2.50. The molecule has 0 aliphatic rings. The second kappa shape index (κ2) is 6.34. The Kier molecular flexibility index (Phi) is 4.26. The number of nitrogens with one attached hydrogen (secondary N) is 2. The zero-order valence-electron chi connectivity index (χ0n) is 13.2. The number of benzene rings is 2. The number of H-pyrrole nitrogens is 1. The third-order valence-electron chi connectivity index (χ3n) is 3.93. The second-order valence-corrected chi connectivity index (χ2v) is 5.90. The molecule has 0 aliphatic carbocycles. The Morgan fingerprint density at radius 3 is 2.52 bits per heavy atom. The van der Waals surface area contributed by atoms with Gasteiger partial charge in [0.15, 0.2) is 0 Å². The van der Waals surface area contributed by atoms with Crippen molar-refractivity contribution in [1.29, 1.82) is 0 Å². The van der Waals surface area contributed by atoms with Crippen LogP contribution in [-0.4, -0.2) is 4.98 Å². The van der Waals surface area contributed by atoms with Crippen LogP contribution in [0.3, 0.4) is 0 Å². The highest BCUT2D eigenvalue weighted by Crippen LogP contribution is 2.18. The molecule has 0 amide bonds. The number of rotatable bonds is 4. The summed E-state index contributed by atoms with van der Waals surface area (Å²) < 4.78 is 12.9. The van der Waals surface area contributed by atoms with Crippen LogP contribution in [0.25, 0.3) is 10.9 Å². The Bertz CT molecular complexity index is 898. The van der Waals surface area contributed by atoms with E-state index in [9.17, 15) is 9.18 Å². The minimum Gasteiger partial charge on any atom is -0.321 e. The van der Waals surface area contributed by atoms with Crippen LogP contribution < -0.4 is 10.9 Å².